The topological polar surface area (TPSA) is 55.7 Å². The zero-order chi connectivity index (χ0) is 21.4. The van der Waals surface area contributed by atoms with Crippen molar-refractivity contribution >= 4 is 11.6 Å². The van der Waals surface area contributed by atoms with E-state index in [1.165, 1.54) is 38.5 Å². The molecule has 2 unspecified atom stereocenters. The van der Waals surface area contributed by atoms with Crippen LogP contribution in [-0.2, 0) is 5.60 Å². The third-order valence-corrected chi connectivity index (χ3v) is 7.69. The molecule has 1 aromatic carbocycles. The molecule has 0 aromatic heterocycles. The number of rotatable bonds is 10. The quantitative estimate of drug-likeness (QED) is 0.502. The van der Waals surface area contributed by atoms with Gasteiger partial charge in [-0.2, -0.15) is 0 Å². The normalized spacial score (nSPS) is 24.5. The SMILES string of the molecule is CNCC(CC1CCCCC1)N1CCCC([C@@](O)(CCCO)c2cccc(Cl)c2)C1. The Morgan fingerprint density at radius 2 is 2.00 bits per heavy atom. The van der Waals surface area contributed by atoms with Gasteiger partial charge in [-0.3, -0.25) is 4.90 Å². The fraction of sp³-hybridized carbons (Fsp3) is 0.760. The molecule has 5 heteroatoms. The summed E-state index contributed by atoms with van der Waals surface area (Å²) in [6, 6.07) is 8.22. The molecule has 3 rings (SSSR count). The third kappa shape index (κ3) is 6.20. The Bertz CT molecular complexity index is 637. The number of aliphatic hydroxyl groups is 2. The van der Waals surface area contributed by atoms with Crippen molar-refractivity contribution in [1.29, 1.82) is 0 Å². The largest absolute Gasteiger partial charge is 0.396 e. The number of piperidine rings is 1. The van der Waals surface area contributed by atoms with Crippen LogP contribution in [0.5, 0.6) is 0 Å². The highest BCUT2D eigenvalue weighted by atomic mass is 35.5. The molecule has 2 aliphatic rings. The van der Waals surface area contributed by atoms with Crippen molar-refractivity contribution in [2.45, 2.75) is 75.9 Å². The number of aliphatic hydroxyl groups excluding tert-OH is 1. The molecule has 2 fully saturated rings. The number of likely N-dealkylation sites (tertiary alicyclic amines) is 1. The first kappa shape index (κ1) is 24.0. The van der Waals surface area contributed by atoms with Gasteiger partial charge < -0.3 is 15.5 Å². The second-order valence-corrected chi connectivity index (χ2v) is 9.98. The first-order chi connectivity index (χ1) is 14.6. The van der Waals surface area contributed by atoms with Crippen molar-refractivity contribution in [2.24, 2.45) is 11.8 Å². The molecule has 170 valence electrons. The standard InChI is InChI=1S/C25H41ClN2O2/c1-27-18-24(16-20-8-3-2-4-9-20)28-14-6-11-22(19-28)25(30,13-7-15-29)21-10-5-12-23(26)17-21/h5,10,12,17,20,22,24,27,29-30H,2-4,6-9,11,13-16,18-19H2,1H3/t22?,24?,25-/m1/s1. The van der Waals surface area contributed by atoms with Crippen molar-refractivity contribution < 1.29 is 10.2 Å². The van der Waals surface area contributed by atoms with Gasteiger partial charge in [0, 0.05) is 36.7 Å². The predicted molar refractivity (Wildman–Crippen MR) is 125 cm³/mol. The van der Waals surface area contributed by atoms with Crippen molar-refractivity contribution in [1.82, 2.24) is 10.2 Å². The zero-order valence-electron chi connectivity index (χ0n) is 18.7. The van der Waals surface area contributed by atoms with Crippen LogP contribution in [0.2, 0.25) is 5.02 Å². The van der Waals surface area contributed by atoms with Gasteiger partial charge in [0.2, 0.25) is 0 Å². The molecular formula is C25H41ClN2O2. The number of nitrogens with one attached hydrogen (secondary N) is 1. The average Bonchev–Trinajstić information content (AvgIpc) is 2.78. The Hall–Kier alpha value is -0.650. The summed E-state index contributed by atoms with van der Waals surface area (Å²) in [4.78, 5) is 2.63. The number of nitrogens with zero attached hydrogens (tertiary/aromatic N) is 1. The summed E-state index contributed by atoms with van der Waals surface area (Å²) >= 11 is 6.27. The summed E-state index contributed by atoms with van der Waals surface area (Å²) in [6.45, 7) is 3.13. The van der Waals surface area contributed by atoms with E-state index < -0.39 is 5.60 Å². The summed E-state index contributed by atoms with van der Waals surface area (Å²) in [5.74, 6) is 1.00. The average molecular weight is 437 g/mol. The summed E-state index contributed by atoms with van der Waals surface area (Å²) < 4.78 is 0. The monoisotopic (exact) mass is 436 g/mol. The van der Waals surface area contributed by atoms with Crippen LogP contribution in [0.4, 0.5) is 0 Å². The second-order valence-electron chi connectivity index (χ2n) is 9.55. The van der Waals surface area contributed by atoms with E-state index in [-0.39, 0.29) is 12.5 Å². The summed E-state index contributed by atoms with van der Waals surface area (Å²) in [7, 11) is 2.05. The van der Waals surface area contributed by atoms with Crippen molar-refractivity contribution in [2.75, 3.05) is 33.3 Å². The van der Waals surface area contributed by atoms with Gasteiger partial charge in [0.05, 0.1) is 5.60 Å². The van der Waals surface area contributed by atoms with E-state index in [4.69, 9.17) is 11.6 Å². The van der Waals surface area contributed by atoms with Crippen LogP contribution in [0.25, 0.3) is 0 Å². The fourth-order valence-electron chi connectivity index (χ4n) is 5.82. The molecule has 1 saturated carbocycles. The lowest BCUT2D eigenvalue weighted by atomic mass is 9.74. The van der Waals surface area contributed by atoms with Crippen LogP contribution in [0.1, 0.15) is 69.8 Å². The molecule has 3 N–H and O–H groups in total. The van der Waals surface area contributed by atoms with E-state index in [2.05, 4.69) is 17.3 Å². The van der Waals surface area contributed by atoms with E-state index in [9.17, 15) is 10.2 Å². The molecule has 1 saturated heterocycles. The van der Waals surface area contributed by atoms with Gasteiger partial charge in [-0.05, 0) is 69.3 Å². The Kier molecular flexibility index (Phi) is 9.46. The van der Waals surface area contributed by atoms with Crippen LogP contribution >= 0.6 is 11.6 Å². The first-order valence-electron chi connectivity index (χ1n) is 12.0. The van der Waals surface area contributed by atoms with Crippen molar-refractivity contribution in [3.8, 4) is 0 Å². The molecule has 1 aliphatic carbocycles. The predicted octanol–water partition coefficient (Wildman–Crippen LogP) is 4.57. The molecule has 1 heterocycles. The second kappa shape index (κ2) is 11.8. The molecule has 1 aliphatic heterocycles. The van der Waals surface area contributed by atoms with Crippen LogP contribution in [0.15, 0.2) is 24.3 Å². The Morgan fingerprint density at radius 3 is 2.70 bits per heavy atom. The van der Waals surface area contributed by atoms with Gasteiger partial charge in [0.1, 0.15) is 0 Å². The van der Waals surface area contributed by atoms with Crippen LogP contribution in [-0.4, -0.2) is 54.4 Å². The number of hydrogen-bond donors (Lipinski definition) is 3. The number of likely N-dealkylation sites (N-methyl/N-ethyl adjacent to an activating group) is 1. The Labute approximate surface area is 188 Å². The minimum Gasteiger partial charge on any atom is -0.396 e. The van der Waals surface area contributed by atoms with Gasteiger partial charge >= 0.3 is 0 Å². The molecule has 0 radical (unpaired) electrons. The van der Waals surface area contributed by atoms with E-state index in [1.54, 1.807) is 0 Å². The van der Waals surface area contributed by atoms with E-state index in [0.717, 1.165) is 44.0 Å². The first-order valence-corrected chi connectivity index (χ1v) is 12.4. The lowest BCUT2D eigenvalue weighted by Gasteiger charge is -2.46. The molecular weight excluding hydrogens is 396 g/mol. The van der Waals surface area contributed by atoms with E-state index >= 15 is 0 Å². The smallest absolute Gasteiger partial charge is 0.0938 e. The molecule has 3 atom stereocenters. The highest BCUT2D eigenvalue weighted by molar-refractivity contribution is 6.30. The number of halogens is 1. The van der Waals surface area contributed by atoms with Gasteiger partial charge in [0.25, 0.3) is 0 Å². The van der Waals surface area contributed by atoms with Crippen molar-refractivity contribution in [3.63, 3.8) is 0 Å². The van der Waals surface area contributed by atoms with Crippen LogP contribution < -0.4 is 5.32 Å². The van der Waals surface area contributed by atoms with Gasteiger partial charge in [0.15, 0.2) is 0 Å². The minimum atomic E-state index is -0.943. The number of hydrogen-bond acceptors (Lipinski definition) is 4. The number of benzene rings is 1. The zero-order valence-corrected chi connectivity index (χ0v) is 19.4. The maximum absolute atomic E-state index is 11.9. The highest BCUT2D eigenvalue weighted by Crippen LogP contribution is 2.41. The summed E-state index contributed by atoms with van der Waals surface area (Å²) in [6.07, 6.45) is 11.5. The Morgan fingerprint density at radius 1 is 1.20 bits per heavy atom. The van der Waals surface area contributed by atoms with Crippen molar-refractivity contribution in [3.05, 3.63) is 34.9 Å². The maximum atomic E-state index is 11.9. The lowest BCUT2D eigenvalue weighted by Crippen LogP contribution is -2.52. The molecule has 4 nitrogen and oxygen atoms in total. The molecule has 1 aromatic rings. The summed E-state index contributed by atoms with van der Waals surface area (Å²) in [5, 5.41) is 25.5. The van der Waals surface area contributed by atoms with Crippen LogP contribution in [0, 0.1) is 11.8 Å². The van der Waals surface area contributed by atoms with Crippen LogP contribution in [0.3, 0.4) is 0 Å². The fourth-order valence-corrected chi connectivity index (χ4v) is 6.01. The third-order valence-electron chi connectivity index (χ3n) is 7.46. The van der Waals surface area contributed by atoms with Gasteiger partial charge in [-0.15, -0.1) is 0 Å². The lowest BCUT2D eigenvalue weighted by molar-refractivity contribution is -0.0700. The summed E-state index contributed by atoms with van der Waals surface area (Å²) in [5.41, 5.74) is -0.0471. The molecule has 0 bridgehead atoms. The Balaban J connectivity index is 1.76. The molecule has 0 spiro atoms. The highest BCUT2D eigenvalue weighted by Gasteiger charge is 2.41. The molecule has 30 heavy (non-hydrogen) atoms. The minimum absolute atomic E-state index is 0.101. The van der Waals surface area contributed by atoms with E-state index in [1.807, 2.05) is 24.3 Å². The van der Waals surface area contributed by atoms with E-state index in [0.29, 0.717) is 23.9 Å². The molecule has 0 amide bonds. The van der Waals surface area contributed by atoms with Gasteiger partial charge in [-0.25, -0.2) is 0 Å². The van der Waals surface area contributed by atoms with Gasteiger partial charge in [-0.1, -0.05) is 55.8 Å². The maximum Gasteiger partial charge on any atom is 0.0938 e.